The van der Waals surface area contributed by atoms with E-state index in [1.165, 1.54) is 6.92 Å². The molecule has 0 saturated carbocycles. The molecule has 1 heterocycles. The van der Waals surface area contributed by atoms with Crippen LogP contribution >= 0.6 is 11.6 Å². The highest BCUT2D eigenvalue weighted by molar-refractivity contribution is 6.35. The van der Waals surface area contributed by atoms with Crippen molar-refractivity contribution in [3.8, 4) is 5.75 Å². The van der Waals surface area contributed by atoms with Crippen LogP contribution in [0.5, 0.6) is 5.75 Å². The first-order valence-corrected chi connectivity index (χ1v) is 4.77. The molecule has 1 aromatic carbocycles. The molecule has 0 fully saturated rings. The van der Waals surface area contributed by atoms with Gasteiger partial charge in [-0.15, -0.1) is 0 Å². The highest BCUT2D eigenvalue weighted by atomic mass is 35.5. The standard InChI is InChI=1S/C11H9ClO3/c1-6(13)10-4-7-3-8(14-2)5-9(12)11(7)15-10/h3-5H,1-2H3. The Bertz CT molecular complexity index is 528. The van der Waals surface area contributed by atoms with Crippen molar-refractivity contribution in [1.82, 2.24) is 0 Å². The SMILES string of the molecule is COc1cc(Cl)c2oc(C(C)=O)cc2c1. The number of ether oxygens (including phenoxy) is 1. The van der Waals surface area contributed by atoms with Crippen LogP contribution in [-0.2, 0) is 0 Å². The first-order chi connectivity index (χ1) is 7.11. The molecule has 2 rings (SSSR count). The predicted octanol–water partition coefficient (Wildman–Crippen LogP) is 3.30. The Hall–Kier alpha value is -1.48. The van der Waals surface area contributed by atoms with E-state index in [0.29, 0.717) is 22.1 Å². The van der Waals surface area contributed by atoms with E-state index in [9.17, 15) is 4.79 Å². The molecule has 0 N–H and O–H groups in total. The molecule has 1 aromatic heterocycles. The number of fused-ring (bicyclic) bond motifs is 1. The van der Waals surface area contributed by atoms with Crippen LogP contribution in [0.2, 0.25) is 5.02 Å². The Kier molecular flexibility index (Phi) is 2.40. The Balaban J connectivity index is 2.69. The van der Waals surface area contributed by atoms with Crippen LogP contribution in [0, 0.1) is 0 Å². The number of rotatable bonds is 2. The fourth-order valence-electron chi connectivity index (χ4n) is 1.38. The summed E-state index contributed by atoms with van der Waals surface area (Å²) in [5.74, 6) is 0.824. The number of hydrogen-bond donors (Lipinski definition) is 0. The van der Waals surface area contributed by atoms with E-state index in [0.717, 1.165) is 5.39 Å². The number of halogens is 1. The second-order valence-electron chi connectivity index (χ2n) is 3.19. The molecule has 0 atom stereocenters. The lowest BCUT2D eigenvalue weighted by molar-refractivity contribution is 0.0989. The van der Waals surface area contributed by atoms with Gasteiger partial charge in [0.05, 0.1) is 12.1 Å². The molecule has 0 saturated heterocycles. The molecule has 0 unspecified atom stereocenters. The summed E-state index contributed by atoms with van der Waals surface area (Å²) in [6.45, 7) is 1.45. The van der Waals surface area contributed by atoms with Gasteiger partial charge in [0.1, 0.15) is 5.75 Å². The van der Waals surface area contributed by atoms with Crippen LogP contribution in [0.1, 0.15) is 17.5 Å². The fraction of sp³-hybridized carbons (Fsp3) is 0.182. The van der Waals surface area contributed by atoms with Crippen LogP contribution in [0.4, 0.5) is 0 Å². The van der Waals surface area contributed by atoms with Crippen LogP contribution in [-0.4, -0.2) is 12.9 Å². The minimum absolute atomic E-state index is 0.124. The molecular formula is C11H9ClO3. The van der Waals surface area contributed by atoms with Crippen LogP contribution in [0.3, 0.4) is 0 Å². The lowest BCUT2D eigenvalue weighted by Crippen LogP contribution is -1.85. The minimum atomic E-state index is -0.124. The molecule has 78 valence electrons. The van der Waals surface area contributed by atoms with Gasteiger partial charge in [-0.1, -0.05) is 11.6 Å². The van der Waals surface area contributed by atoms with Crippen molar-refractivity contribution in [1.29, 1.82) is 0 Å². The number of benzene rings is 1. The lowest BCUT2D eigenvalue weighted by atomic mass is 10.2. The largest absolute Gasteiger partial charge is 0.497 e. The molecule has 0 aliphatic carbocycles. The van der Waals surface area contributed by atoms with Gasteiger partial charge in [0.2, 0.25) is 0 Å². The summed E-state index contributed by atoms with van der Waals surface area (Å²) in [6.07, 6.45) is 0. The Morgan fingerprint density at radius 1 is 1.40 bits per heavy atom. The quantitative estimate of drug-likeness (QED) is 0.735. The van der Waals surface area contributed by atoms with Gasteiger partial charge in [-0.3, -0.25) is 4.79 Å². The van der Waals surface area contributed by atoms with Crippen molar-refractivity contribution in [3.63, 3.8) is 0 Å². The molecular weight excluding hydrogens is 216 g/mol. The van der Waals surface area contributed by atoms with Crippen molar-refractivity contribution in [2.75, 3.05) is 7.11 Å². The minimum Gasteiger partial charge on any atom is -0.497 e. The second-order valence-corrected chi connectivity index (χ2v) is 3.60. The van der Waals surface area contributed by atoms with E-state index in [1.807, 2.05) is 0 Å². The summed E-state index contributed by atoms with van der Waals surface area (Å²) in [7, 11) is 1.56. The first-order valence-electron chi connectivity index (χ1n) is 4.40. The molecule has 0 aliphatic heterocycles. The summed E-state index contributed by atoms with van der Waals surface area (Å²) >= 11 is 5.97. The summed E-state index contributed by atoms with van der Waals surface area (Å²) in [5, 5.41) is 1.21. The van der Waals surface area contributed by atoms with Gasteiger partial charge in [0.25, 0.3) is 0 Å². The third-order valence-corrected chi connectivity index (χ3v) is 2.41. The van der Waals surface area contributed by atoms with Crippen LogP contribution < -0.4 is 4.74 Å². The molecule has 0 amide bonds. The van der Waals surface area contributed by atoms with Crippen LogP contribution in [0.15, 0.2) is 22.6 Å². The summed E-state index contributed by atoms with van der Waals surface area (Å²) in [5.41, 5.74) is 0.516. The zero-order chi connectivity index (χ0) is 11.0. The molecule has 0 radical (unpaired) electrons. The average molecular weight is 225 g/mol. The maximum Gasteiger partial charge on any atom is 0.194 e. The number of carbonyl (C=O) groups is 1. The van der Waals surface area contributed by atoms with E-state index in [1.54, 1.807) is 25.3 Å². The summed E-state index contributed by atoms with van der Waals surface area (Å²) < 4.78 is 10.4. The third-order valence-electron chi connectivity index (χ3n) is 2.13. The van der Waals surface area contributed by atoms with Gasteiger partial charge in [-0.05, 0) is 12.1 Å². The fourth-order valence-corrected chi connectivity index (χ4v) is 1.63. The van der Waals surface area contributed by atoms with Crippen molar-refractivity contribution in [2.24, 2.45) is 0 Å². The first kappa shape index (κ1) is 10.1. The topological polar surface area (TPSA) is 39.4 Å². The molecule has 15 heavy (non-hydrogen) atoms. The second kappa shape index (κ2) is 3.59. The molecule has 4 heteroatoms. The van der Waals surface area contributed by atoms with Crippen LogP contribution in [0.25, 0.3) is 11.0 Å². The molecule has 0 bridgehead atoms. The van der Waals surface area contributed by atoms with E-state index < -0.39 is 0 Å². The summed E-state index contributed by atoms with van der Waals surface area (Å²) in [4.78, 5) is 11.1. The van der Waals surface area contributed by atoms with Gasteiger partial charge in [-0.2, -0.15) is 0 Å². The van der Waals surface area contributed by atoms with Gasteiger partial charge in [0.15, 0.2) is 17.1 Å². The zero-order valence-electron chi connectivity index (χ0n) is 8.33. The van der Waals surface area contributed by atoms with Gasteiger partial charge < -0.3 is 9.15 Å². The Labute approximate surface area is 91.6 Å². The smallest absolute Gasteiger partial charge is 0.194 e. The highest BCUT2D eigenvalue weighted by Gasteiger charge is 2.11. The predicted molar refractivity (Wildman–Crippen MR) is 57.8 cm³/mol. The zero-order valence-corrected chi connectivity index (χ0v) is 9.09. The highest BCUT2D eigenvalue weighted by Crippen LogP contribution is 2.31. The number of methoxy groups -OCH3 is 1. The van der Waals surface area contributed by atoms with Crippen molar-refractivity contribution >= 4 is 28.4 Å². The number of Topliss-reactive ketones (excluding diaryl/α,β-unsaturated/α-hetero) is 1. The average Bonchev–Trinajstić information content (AvgIpc) is 2.61. The molecule has 0 spiro atoms. The van der Waals surface area contributed by atoms with E-state index in [4.69, 9.17) is 20.8 Å². The van der Waals surface area contributed by atoms with E-state index in [2.05, 4.69) is 0 Å². The maximum absolute atomic E-state index is 11.1. The molecule has 3 nitrogen and oxygen atoms in total. The summed E-state index contributed by atoms with van der Waals surface area (Å²) in [6, 6.07) is 5.08. The number of ketones is 1. The lowest BCUT2D eigenvalue weighted by Gasteiger charge is -1.99. The van der Waals surface area contributed by atoms with Gasteiger partial charge in [0, 0.05) is 18.4 Å². The van der Waals surface area contributed by atoms with Gasteiger partial charge >= 0.3 is 0 Å². The maximum atomic E-state index is 11.1. The van der Waals surface area contributed by atoms with Gasteiger partial charge in [-0.25, -0.2) is 0 Å². The number of carbonyl (C=O) groups excluding carboxylic acids is 1. The normalized spacial score (nSPS) is 10.6. The molecule has 0 aliphatic rings. The van der Waals surface area contributed by atoms with E-state index in [-0.39, 0.29) is 5.78 Å². The third kappa shape index (κ3) is 1.70. The Morgan fingerprint density at radius 2 is 2.13 bits per heavy atom. The van der Waals surface area contributed by atoms with Crippen molar-refractivity contribution < 1.29 is 13.9 Å². The van der Waals surface area contributed by atoms with Crippen molar-refractivity contribution in [3.05, 3.63) is 29.0 Å². The molecule has 2 aromatic rings. The number of hydrogen-bond acceptors (Lipinski definition) is 3. The Morgan fingerprint density at radius 3 is 2.73 bits per heavy atom. The van der Waals surface area contributed by atoms with E-state index >= 15 is 0 Å². The number of furan rings is 1. The van der Waals surface area contributed by atoms with Crippen molar-refractivity contribution in [2.45, 2.75) is 6.92 Å². The monoisotopic (exact) mass is 224 g/mol.